The molecule has 1 aromatic rings. The molecule has 0 spiro atoms. The summed E-state index contributed by atoms with van der Waals surface area (Å²) in [6.07, 6.45) is 9.40. The monoisotopic (exact) mass is 317 g/mol. The fourth-order valence-corrected chi connectivity index (χ4v) is 2.96. The Bertz CT molecular complexity index is 644. The third kappa shape index (κ3) is 2.28. The molecule has 0 amide bonds. The van der Waals surface area contributed by atoms with Gasteiger partial charge in [0.1, 0.15) is 0 Å². The van der Waals surface area contributed by atoms with Crippen molar-refractivity contribution in [2.45, 2.75) is 17.7 Å². The molecule has 0 radical (unpaired) electrons. The maximum absolute atomic E-state index is 11.1. The van der Waals surface area contributed by atoms with Gasteiger partial charge in [-0.1, -0.05) is 52.4 Å². The smallest absolute Gasteiger partial charge is 0.258 e. The summed E-state index contributed by atoms with van der Waals surface area (Å²) in [6.45, 7) is 0. The van der Waals surface area contributed by atoms with Gasteiger partial charge in [-0.3, -0.25) is 10.1 Å². The van der Waals surface area contributed by atoms with Gasteiger partial charge in [0.25, 0.3) is 5.70 Å². The minimum absolute atomic E-state index is 0.164. The van der Waals surface area contributed by atoms with Crippen molar-refractivity contribution < 1.29 is 4.92 Å². The van der Waals surface area contributed by atoms with E-state index >= 15 is 0 Å². The second kappa shape index (κ2) is 4.78. The van der Waals surface area contributed by atoms with Crippen LogP contribution in [-0.2, 0) is 6.42 Å². The summed E-state index contributed by atoms with van der Waals surface area (Å²) in [5, 5.41) is 11.1. The number of hydrogen-bond donors (Lipinski definition) is 0. The van der Waals surface area contributed by atoms with Crippen molar-refractivity contribution in [3.8, 4) is 0 Å². The number of benzene rings is 1. The van der Waals surface area contributed by atoms with Gasteiger partial charge < -0.3 is 0 Å². The Morgan fingerprint density at radius 3 is 3.00 bits per heavy atom. The molecule has 1 atom stereocenters. The lowest BCUT2D eigenvalue weighted by atomic mass is 9.94. The normalized spacial score (nSPS) is 20.8. The molecule has 0 N–H and O–H groups in total. The van der Waals surface area contributed by atoms with Crippen molar-refractivity contribution in [3.05, 3.63) is 68.9 Å². The number of halogens is 1. The van der Waals surface area contributed by atoms with Crippen LogP contribution in [0.2, 0.25) is 0 Å². The van der Waals surface area contributed by atoms with E-state index in [0.717, 1.165) is 12.0 Å². The number of nitro groups is 1. The zero-order chi connectivity index (χ0) is 13.4. The molecular weight excluding hydrogens is 306 g/mol. The van der Waals surface area contributed by atoms with Gasteiger partial charge in [-0.15, -0.1) is 0 Å². The molecule has 0 bridgehead atoms. The molecule has 3 rings (SSSR count). The van der Waals surface area contributed by atoms with Crippen LogP contribution in [0, 0.1) is 10.1 Å². The van der Waals surface area contributed by atoms with Gasteiger partial charge in [-0.25, -0.2) is 0 Å². The fourth-order valence-electron chi connectivity index (χ4n) is 2.51. The lowest BCUT2D eigenvalue weighted by molar-refractivity contribution is -0.417. The van der Waals surface area contributed by atoms with E-state index in [4.69, 9.17) is 0 Å². The molecule has 4 heteroatoms. The van der Waals surface area contributed by atoms with E-state index in [9.17, 15) is 10.1 Å². The number of fused-ring (bicyclic) bond motifs is 1. The van der Waals surface area contributed by atoms with Crippen LogP contribution in [0.25, 0.3) is 11.6 Å². The van der Waals surface area contributed by atoms with Crippen molar-refractivity contribution in [2.24, 2.45) is 0 Å². The van der Waals surface area contributed by atoms with Gasteiger partial charge in [0, 0.05) is 4.83 Å². The van der Waals surface area contributed by atoms with Gasteiger partial charge >= 0.3 is 0 Å². The molecule has 0 heterocycles. The molecule has 2 aliphatic rings. The maximum atomic E-state index is 11.1. The van der Waals surface area contributed by atoms with Crippen LogP contribution < -0.4 is 0 Å². The third-order valence-corrected chi connectivity index (χ3v) is 4.08. The zero-order valence-corrected chi connectivity index (χ0v) is 11.8. The first-order chi connectivity index (χ1) is 9.15. The molecule has 0 saturated heterocycles. The SMILES string of the molecule is O=[N+]([O-])C1=CCC(Br)C=C1c1ccc2c(c1)CC=C2. The Morgan fingerprint density at radius 2 is 2.21 bits per heavy atom. The Balaban J connectivity index is 2.05. The van der Waals surface area contributed by atoms with Gasteiger partial charge in [0.2, 0.25) is 0 Å². The summed E-state index contributed by atoms with van der Waals surface area (Å²) >= 11 is 3.51. The highest BCUT2D eigenvalue weighted by atomic mass is 79.9. The van der Waals surface area contributed by atoms with Crippen LogP contribution in [0.1, 0.15) is 23.1 Å². The number of allylic oxidation sites excluding steroid dienone is 4. The quantitative estimate of drug-likeness (QED) is 0.470. The maximum Gasteiger partial charge on any atom is 0.273 e. The van der Waals surface area contributed by atoms with Gasteiger partial charge in [0.05, 0.1) is 10.5 Å². The van der Waals surface area contributed by atoms with E-state index in [2.05, 4.69) is 34.1 Å². The van der Waals surface area contributed by atoms with Crippen molar-refractivity contribution in [3.63, 3.8) is 0 Å². The largest absolute Gasteiger partial charge is 0.273 e. The zero-order valence-electron chi connectivity index (χ0n) is 10.2. The lowest BCUT2D eigenvalue weighted by Gasteiger charge is -2.14. The van der Waals surface area contributed by atoms with Crippen LogP contribution in [-0.4, -0.2) is 9.75 Å². The highest BCUT2D eigenvalue weighted by molar-refractivity contribution is 9.09. The number of nitrogens with zero attached hydrogens (tertiary/aromatic N) is 1. The minimum Gasteiger partial charge on any atom is -0.258 e. The highest BCUT2D eigenvalue weighted by Crippen LogP contribution is 2.33. The molecule has 0 saturated carbocycles. The third-order valence-electron chi connectivity index (χ3n) is 3.45. The molecule has 0 aromatic heterocycles. The first-order valence-electron chi connectivity index (χ1n) is 6.16. The molecule has 96 valence electrons. The topological polar surface area (TPSA) is 43.1 Å². The van der Waals surface area contributed by atoms with E-state index in [0.29, 0.717) is 12.0 Å². The summed E-state index contributed by atoms with van der Waals surface area (Å²) in [5.74, 6) is 0. The predicted octanol–water partition coefficient (Wildman–Crippen LogP) is 3.97. The summed E-state index contributed by atoms with van der Waals surface area (Å²) < 4.78 is 0. The van der Waals surface area contributed by atoms with Crippen LogP contribution in [0.3, 0.4) is 0 Å². The van der Waals surface area contributed by atoms with E-state index in [1.54, 1.807) is 6.08 Å². The van der Waals surface area contributed by atoms with E-state index in [1.807, 2.05) is 18.2 Å². The second-order valence-electron chi connectivity index (χ2n) is 4.70. The molecule has 19 heavy (non-hydrogen) atoms. The van der Waals surface area contributed by atoms with Gasteiger partial charge in [-0.2, -0.15) is 0 Å². The molecule has 1 unspecified atom stereocenters. The molecular formula is C15H12BrNO2. The number of hydrogen-bond acceptors (Lipinski definition) is 2. The van der Waals surface area contributed by atoms with Crippen LogP contribution in [0.4, 0.5) is 0 Å². The average molecular weight is 318 g/mol. The minimum atomic E-state index is -0.295. The van der Waals surface area contributed by atoms with Gasteiger partial charge in [-0.05, 0) is 35.6 Å². The fraction of sp³-hybridized carbons (Fsp3) is 0.200. The van der Waals surface area contributed by atoms with Crippen LogP contribution in [0.5, 0.6) is 0 Å². The Morgan fingerprint density at radius 1 is 1.37 bits per heavy atom. The Hall–Kier alpha value is -1.68. The second-order valence-corrected chi connectivity index (χ2v) is 5.87. The number of rotatable bonds is 2. The van der Waals surface area contributed by atoms with Crippen molar-refractivity contribution in [2.75, 3.05) is 0 Å². The lowest BCUT2D eigenvalue weighted by Crippen LogP contribution is -2.09. The molecule has 0 fully saturated rings. The predicted molar refractivity (Wildman–Crippen MR) is 79.6 cm³/mol. The van der Waals surface area contributed by atoms with Crippen LogP contribution >= 0.6 is 15.9 Å². The molecule has 2 aliphatic carbocycles. The number of alkyl halides is 1. The summed E-state index contributed by atoms with van der Waals surface area (Å²) in [5.41, 5.74) is 4.30. The first kappa shape index (κ1) is 12.4. The summed E-state index contributed by atoms with van der Waals surface area (Å²) in [4.78, 5) is 11.0. The Labute approximate surface area is 119 Å². The van der Waals surface area contributed by atoms with Crippen molar-refractivity contribution >= 4 is 27.6 Å². The highest BCUT2D eigenvalue weighted by Gasteiger charge is 2.24. The molecule has 1 aromatic carbocycles. The van der Waals surface area contributed by atoms with E-state index < -0.39 is 0 Å². The van der Waals surface area contributed by atoms with Crippen molar-refractivity contribution in [1.82, 2.24) is 0 Å². The Kier molecular flexibility index (Phi) is 3.11. The first-order valence-corrected chi connectivity index (χ1v) is 7.07. The standard InChI is InChI=1S/C15H12BrNO2/c16-13-6-7-15(17(18)19)14(9-13)12-5-4-10-2-1-3-11(10)8-12/h1-2,4-5,7-9,13H,3,6H2. The van der Waals surface area contributed by atoms with Crippen LogP contribution in [0.15, 0.2) is 42.1 Å². The summed E-state index contributed by atoms with van der Waals surface area (Å²) in [6, 6.07) is 6.05. The van der Waals surface area contributed by atoms with E-state index in [-0.39, 0.29) is 15.4 Å². The molecule has 0 aliphatic heterocycles. The summed E-state index contributed by atoms with van der Waals surface area (Å²) in [7, 11) is 0. The molecule has 3 nitrogen and oxygen atoms in total. The van der Waals surface area contributed by atoms with Gasteiger partial charge in [0.15, 0.2) is 0 Å². The average Bonchev–Trinajstić information content (AvgIpc) is 2.85. The van der Waals surface area contributed by atoms with E-state index in [1.165, 1.54) is 11.1 Å². The van der Waals surface area contributed by atoms with Crippen molar-refractivity contribution in [1.29, 1.82) is 0 Å².